The fraction of sp³-hybridized carbons (Fsp3) is 0.385. The molecule has 1 aliphatic heterocycles. The van der Waals surface area contributed by atoms with Gasteiger partial charge in [0.1, 0.15) is 5.82 Å². The van der Waals surface area contributed by atoms with E-state index in [1.807, 2.05) is 4.90 Å². The van der Waals surface area contributed by atoms with E-state index in [-0.39, 0.29) is 11.5 Å². The van der Waals surface area contributed by atoms with E-state index in [0.717, 1.165) is 26.2 Å². The molecule has 1 fully saturated rings. The van der Waals surface area contributed by atoms with E-state index in [2.05, 4.69) is 22.1 Å². The van der Waals surface area contributed by atoms with Gasteiger partial charge in [-0.05, 0) is 30.4 Å². The van der Waals surface area contributed by atoms with Gasteiger partial charge in [-0.2, -0.15) is 4.98 Å². The first kappa shape index (κ1) is 12.9. The largest absolute Gasteiger partial charge is 0.399 e. The maximum Gasteiger partial charge on any atom is 0.266 e. The first-order valence-electron chi connectivity index (χ1n) is 6.46. The summed E-state index contributed by atoms with van der Waals surface area (Å²) in [6.07, 6.45) is 0. The Morgan fingerprint density at radius 1 is 1.25 bits per heavy atom. The Morgan fingerprint density at radius 2 is 2.00 bits per heavy atom. The second-order valence-electron chi connectivity index (χ2n) is 4.93. The van der Waals surface area contributed by atoms with Crippen LogP contribution >= 0.6 is 0 Å². The smallest absolute Gasteiger partial charge is 0.266 e. The van der Waals surface area contributed by atoms with E-state index in [9.17, 15) is 4.39 Å². The van der Waals surface area contributed by atoms with Gasteiger partial charge in [-0.3, -0.25) is 0 Å². The second-order valence-corrected chi connectivity index (χ2v) is 4.93. The van der Waals surface area contributed by atoms with Crippen LogP contribution in [-0.4, -0.2) is 48.3 Å². The number of aromatic nitrogens is 2. The molecule has 106 valence electrons. The number of nitrogens with two attached hydrogens (primary N) is 1. The third kappa shape index (κ3) is 2.44. The summed E-state index contributed by atoms with van der Waals surface area (Å²) in [6.45, 7) is 3.54. The molecule has 2 heterocycles. The maximum absolute atomic E-state index is 13.8. The average molecular weight is 277 g/mol. The minimum Gasteiger partial charge on any atom is -0.399 e. The molecule has 0 aliphatic carbocycles. The highest BCUT2D eigenvalue weighted by Crippen LogP contribution is 2.25. The molecule has 2 aromatic rings. The molecule has 0 spiro atoms. The molecule has 0 radical (unpaired) electrons. The van der Waals surface area contributed by atoms with Crippen LogP contribution in [0.1, 0.15) is 0 Å². The molecule has 0 amide bonds. The van der Waals surface area contributed by atoms with E-state index in [1.54, 1.807) is 0 Å². The van der Waals surface area contributed by atoms with Crippen molar-refractivity contribution >= 4 is 11.6 Å². The first-order valence-corrected chi connectivity index (χ1v) is 6.46. The SMILES string of the molecule is CN1CCN(c2noc(-c3cc(N)ccc3F)n2)CC1. The summed E-state index contributed by atoms with van der Waals surface area (Å²) in [5, 5.41) is 3.93. The zero-order valence-electron chi connectivity index (χ0n) is 11.2. The van der Waals surface area contributed by atoms with Crippen molar-refractivity contribution in [3.63, 3.8) is 0 Å². The molecule has 0 bridgehead atoms. The quantitative estimate of drug-likeness (QED) is 0.832. The fourth-order valence-electron chi connectivity index (χ4n) is 2.17. The van der Waals surface area contributed by atoms with Gasteiger partial charge in [0.15, 0.2) is 0 Å². The van der Waals surface area contributed by atoms with Crippen molar-refractivity contribution in [2.75, 3.05) is 43.9 Å². The standard InChI is InChI=1S/C13H16FN5O/c1-18-4-6-19(7-5-18)13-16-12(20-17-13)10-8-9(15)2-3-11(10)14/h2-3,8H,4-7,15H2,1H3. The molecular formula is C13H16FN5O. The molecule has 0 saturated carbocycles. The molecule has 1 aliphatic rings. The Balaban J connectivity index is 1.85. The van der Waals surface area contributed by atoms with Crippen LogP contribution in [0.25, 0.3) is 11.5 Å². The Labute approximate surface area is 116 Å². The molecule has 6 nitrogen and oxygen atoms in total. The van der Waals surface area contributed by atoms with E-state index in [0.29, 0.717) is 11.6 Å². The third-order valence-corrected chi connectivity index (χ3v) is 3.42. The van der Waals surface area contributed by atoms with Crippen LogP contribution in [0.4, 0.5) is 16.0 Å². The van der Waals surface area contributed by atoms with Crippen molar-refractivity contribution in [1.29, 1.82) is 0 Å². The molecule has 3 rings (SSSR count). The number of benzene rings is 1. The summed E-state index contributed by atoms with van der Waals surface area (Å²) in [5.41, 5.74) is 6.35. The summed E-state index contributed by atoms with van der Waals surface area (Å²) < 4.78 is 18.9. The summed E-state index contributed by atoms with van der Waals surface area (Å²) in [5.74, 6) is 0.228. The summed E-state index contributed by atoms with van der Waals surface area (Å²) in [6, 6.07) is 4.29. The Kier molecular flexibility index (Phi) is 3.27. The van der Waals surface area contributed by atoms with E-state index >= 15 is 0 Å². The number of rotatable bonds is 2. The highest BCUT2D eigenvalue weighted by Gasteiger charge is 2.20. The minimum absolute atomic E-state index is 0.156. The fourth-order valence-corrected chi connectivity index (χ4v) is 2.17. The normalized spacial score (nSPS) is 16.6. The molecular weight excluding hydrogens is 261 g/mol. The summed E-state index contributed by atoms with van der Waals surface area (Å²) in [7, 11) is 2.07. The Morgan fingerprint density at radius 3 is 2.75 bits per heavy atom. The highest BCUT2D eigenvalue weighted by molar-refractivity contribution is 5.61. The van der Waals surface area contributed by atoms with Crippen molar-refractivity contribution < 1.29 is 8.91 Å². The van der Waals surface area contributed by atoms with Crippen LogP contribution in [0.3, 0.4) is 0 Å². The molecule has 20 heavy (non-hydrogen) atoms. The predicted molar refractivity (Wildman–Crippen MR) is 73.8 cm³/mol. The van der Waals surface area contributed by atoms with E-state index in [4.69, 9.17) is 10.3 Å². The van der Waals surface area contributed by atoms with Crippen molar-refractivity contribution in [1.82, 2.24) is 15.0 Å². The zero-order chi connectivity index (χ0) is 14.1. The van der Waals surface area contributed by atoms with Gasteiger partial charge in [0, 0.05) is 31.9 Å². The number of hydrogen-bond donors (Lipinski definition) is 1. The lowest BCUT2D eigenvalue weighted by molar-refractivity contribution is 0.309. The van der Waals surface area contributed by atoms with Gasteiger partial charge in [0.25, 0.3) is 11.8 Å². The van der Waals surface area contributed by atoms with Crippen LogP contribution in [0.5, 0.6) is 0 Å². The van der Waals surface area contributed by atoms with Gasteiger partial charge >= 0.3 is 0 Å². The van der Waals surface area contributed by atoms with Crippen LogP contribution in [-0.2, 0) is 0 Å². The van der Waals surface area contributed by atoms with Gasteiger partial charge < -0.3 is 20.1 Å². The molecule has 7 heteroatoms. The van der Waals surface area contributed by atoms with Crippen molar-refractivity contribution in [2.45, 2.75) is 0 Å². The van der Waals surface area contributed by atoms with Gasteiger partial charge in [0.2, 0.25) is 0 Å². The summed E-state index contributed by atoms with van der Waals surface area (Å²) in [4.78, 5) is 8.52. The predicted octanol–water partition coefficient (Wildman–Crippen LogP) is 1.21. The average Bonchev–Trinajstić information content (AvgIpc) is 2.92. The van der Waals surface area contributed by atoms with Gasteiger partial charge in [-0.15, -0.1) is 0 Å². The van der Waals surface area contributed by atoms with Gasteiger partial charge in [0.05, 0.1) is 5.56 Å². The second kappa shape index (κ2) is 5.09. The highest BCUT2D eigenvalue weighted by atomic mass is 19.1. The van der Waals surface area contributed by atoms with Gasteiger partial charge in [-0.25, -0.2) is 4.39 Å². The number of halogens is 1. The van der Waals surface area contributed by atoms with E-state index < -0.39 is 5.82 Å². The lowest BCUT2D eigenvalue weighted by Gasteiger charge is -2.31. The number of piperazine rings is 1. The van der Waals surface area contributed by atoms with Crippen molar-refractivity contribution in [2.24, 2.45) is 0 Å². The Hall–Kier alpha value is -2.15. The number of hydrogen-bond acceptors (Lipinski definition) is 6. The number of anilines is 2. The molecule has 0 atom stereocenters. The van der Waals surface area contributed by atoms with Gasteiger partial charge in [-0.1, -0.05) is 0 Å². The molecule has 0 unspecified atom stereocenters. The number of likely N-dealkylation sites (N-methyl/N-ethyl adjacent to an activating group) is 1. The monoisotopic (exact) mass is 277 g/mol. The molecule has 1 aromatic heterocycles. The first-order chi connectivity index (χ1) is 9.63. The third-order valence-electron chi connectivity index (χ3n) is 3.42. The van der Waals surface area contributed by atoms with Crippen molar-refractivity contribution in [3.05, 3.63) is 24.0 Å². The minimum atomic E-state index is -0.423. The maximum atomic E-state index is 13.8. The topological polar surface area (TPSA) is 71.4 Å². The number of nitrogen functional groups attached to an aromatic ring is 1. The van der Waals surface area contributed by atoms with Crippen LogP contribution in [0.15, 0.2) is 22.7 Å². The zero-order valence-corrected chi connectivity index (χ0v) is 11.2. The van der Waals surface area contributed by atoms with Crippen molar-refractivity contribution in [3.8, 4) is 11.5 Å². The lowest BCUT2D eigenvalue weighted by Crippen LogP contribution is -2.44. The molecule has 1 aromatic carbocycles. The number of nitrogens with zero attached hydrogens (tertiary/aromatic N) is 4. The summed E-state index contributed by atoms with van der Waals surface area (Å²) >= 11 is 0. The van der Waals surface area contributed by atoms with Crippen LogP contribution < -0.4 is 10.6 Å². The lowest BCUT2D eigenvalue weighted by atomic mass is 10.2. The molecule has 2 N–H and O–H groups in total. The van der Waals surface area contributed by atoms with E-state index in [1.165, 1.54) is 18.2 Å². The Bertz CT molecular complexity index is 607. The molecule has 1 saturated heterocycles. The van der Waals surface area contributed by atoms with Crippen LogP contribution in [0.2, 0.25) is 0 Å². The van der Waals surface area contributed by atoms with Crippen LogP contribution in [0, 0.1) is 5.82 Å².